The van der Waals surface area contributed by atoms with Crippen LogP contribution in [0.4, 0.5) is 0 Å². The molecule has 4 heteroatoms. The highest BCUT2D eigenvalue weighted by atomic mass is 32.1. The van der Waals surface area contributed by atoms with E-state index >= 15 is 0 Å². The van der Waals surface area contributed by atoms with Crippen molar-refractivity contribution in [2.45, 2.75) is 40.0 Å². The van der Waals surface area contributed by atoms with Crippen LogP contribution in [0.1, 0.15) is 53.1 Å². The fourth-order valence-electron chi connectivity index (χ4n) is 3.65. The van der Waals surface area contributed by atoms with Crippen molar-refractivity contribution in [3.63, 3.8) is 0 Å². The van der Waals surface area contributed by atoms with Crippen LogP contribution in [0.2, 0.25) is 0 Å². The van der Waals surface area contributed by atoms with Gasteiger partial charge in [0.15, 0.2) is 0 Å². The maximum absolute atomic E-state index is 13.0. The van der Waals surface area contributed by atoms with Gasteiger partial charge in [0.2, 0.25) is 0 Å². The van der Waals surface area contributed by atoms with Crippen LogP contribution in [0.5, 0.6) is 0 Å². The minimum Gasteiger partial charge on any atom is -0.351 e. The number of thiophene rings is 1. The van der Waals surface area contributed by atoms with Crippen molar-refractivity contribution in [1.29, 1.82) is 0 Å². The lowest BCUT2D eigenvalue weighted by atomic mass is 10.0. The van der Waals surface area contributed by atoms with Gasteiger partial charge in [-0.3, -0.25) is 4.79 Å². The van der Waals surface area contributed by atoms with E-state index < -0.39 is 0 Å². The standard InChI is InChI=1S/C25H32N2OS/c1-4-27(5-2)17-9-8-16-26-25(28)24-22(18-20-14-12-19(3)13-15-20)21-10-6-7-11-23(21)29-24/h6-7,10-15H,4-5,8-9,16-18H2,1-3H3,(H,26,28). The molecule has 0 aliphatic rings. The topological polar surface area (TPSA) is 32.3 Å². The Balaban J connectivity index is 1.69. The number of nitrogens with one attached hydrogen (secondary N) is 1. The van der Waals surface area contributed by atoms with E-state index in [1.807, 2.05) is 6.07 Å². The molecular weight excluding hydrogens is 376 g/mol. The van der Waals surface area contributed by atoms with E-state index in [0.29, 0.717) is 0 Å². The highest BCUT2D eigenvalue weighted by molar-refractivity contribution is 7.21. The van der Waals surface area contributed by atoms with Gasteiger partial charge < -0.3 is 10.2 Å². The molecule has 0 unspecified atom stereocenters. The number of fused-ring (bicyclic) bond motifs is 1. The molecule has 2 aromatic carbocycles. The van der Waals surface area contributed by atoms with Crippen LogP contribution in [0.3, 0.4) is 0 Å². The quantitative estimate of drug-likeness (QED) is 0.440. The van der Waals surface area contributed by atoms with Gasteiger partial charge in [0, 0.05) is 11.2 Å². The summed E-state index contributed by atoms with van der Waals surface area (Å²) in [5, 5.41) is 4.36. The summed E-state index contributed by atoms with van der Waals surface area (Å²) >= 11 is 1.61. The summed E-state index contributed by atoms with van der Waals surface area (Å²) < 4.78 is 1.18. The Kier molecular flexibility index (Phi) is 7.84. The summed E-state index contributed by atoms with van der Waals surface area (Å²) in [6, 6.07) is 17.0. The van der Waals surface area contributed by atoms with Crippen LogP contribution in [0, 0.1) is 6.92 Å². The molecule has 3 aromatic rings. The maximum atomic E-state index is 13.0. The first-order valence-corrected chi connectivity index (χ1v) is 11.5. The van der Waals surface area contributed by atoms with Gasteiger partial charge in [-0.2, -0.15) is 0 Å². The molecule has 0 saturated carbocycles. The van der Waals surface area contributed by atoms with E-state index in [0.717, 1.165) is 55.9 Å². The van der Waals surface area contributed by atoms with E-state index in [9.17, 15) is 4.79 Å². The number of benzene rings is 2. The van der Waals surface area contributed by atoms with Gasteiger partial charge in [0.25, 0.3) is 5.91 Å². The molecule has 0 spiro atoms. The molecule has 0 bridgehead atoms. The van der Waals surface area contributed by atoms with E-state index in [1.54, 1.807) is 11.3 Å². The molecular formula is C25H32N2OS. The SMILES string of the molecule is CCN(CC)CCCCNC(=O)c1sc2ccccc2c1Cc1ccc(C)cc1. The molecule has 1 amide bonds. The zero-order valence-corrected chi connectivity index (χ0v) is 18.6. The molecule has 3 nitrogen and oxygen atoms in total. The maximum Gasteiger partial charge on any atom is 0.261 e. The Labute approximate surface area is 178 Å². The second kappa shape index (κ2) is 10.6. The summed E-state index contributed by atoms with van der Waals surface area (Å²) in [7, 11) is 0. The number of aryl methyl sites for hydroxylation is 1. The lowest BCUT2D eigenvalue weighted by Gasteiger charge is -2.17. The number of hydrogen-bond acceptors (Lipinski definition) is 3. The first-order valence-electron chi connectivity index (χ1n) is 10.7. The Morgan fingerprint density at radius 3 is 2.45 bits per heavy atom. The minimum absolute atomic E-state index is 0.0659. The third kappa shape index (κ3) is 5.68. The molecule has 154 valence electrons. The van der Waals surface area contributed by atoms with Gasteiger partial charge in [0.05, 0.1) is 4.88 Å². The number of rotatable bonds is 10. The lowest BCUT2D eigenvalue weighted by molar-refractivity contribution is 0.0956. The third-order valence-corrected chi connectivity index (χ3v) is 6.70. The van der Waals surface area contributed by atoms with Gasteiger partial charge in [-0.25, -0.2) is 0 Å². The molecule has 1 heterocycles. The first kappa shape index (κ1) is 21.5. The molecule has 1 aromatic heterocycles. The van der Waals surface area contributed by atoms with Gasteiger partial charge in [-0.05, 0) is 68.4 Å². The normalized spacial score (nSPS) is 11.3. The second-order valence-electron chi connectivity index (χ2n) is 7.56. The van der Waals surface area contributed by atoms with E-state index in [1.165, 1.54) is 21.2 Å². The molecule has 0 saturated heterocycles. The smallest absolute Gasteiger partial charge is 0.261 e. The predicted molar refractivity (Wildman–Crippen MR) is 125 cm³/mol. The Morgan fingerprint density at radius 1 is 1.00 bits per heavy atom. The molecule has 0 atom stereocenters. The second-order valence-corrected chi connectivity index (χ2v) is 8.61. The summed E-state index contributed by atoms with van der Waals surface area (Å²) in [5.74, 6) is 0.0659. The summed E-state index contributed by atoms with van der Waals surface area (Å²) in [5.41, 5.74) is 3.65. The van der Waals surface area contributed by atoms with Crippen LogP contribution in [0.25, 0.3) is 10.1 Å². The van der Waals surface area contributed by atoms with Crippen molar-refractivity contribution in [2.24, 2.45) is 0 Å². The van der Waals surface area contributed by atoms with Crippen molar-refractivity contribution in [3.05, 3.63) is 70.1 Å². The van der Waals surface area contributed by atoms with Crippen LogP contribution in [0.15, 0.2) is 48.5 Å². The molecule has 0 radical (unpaired) electrons. The largest absolute Gasteiger partial charge is 0.351 e. The van der Waals surface area contributed by atoms with Crippen molar-refractivity contribution in [1.82, 2.24) is 10.2 Å². The highest BCUT2D eigenvalue weighted by Crippen LogP contribution is 2.33. The van der Waals surface area contributed by atoms with Crippen LogP contribution < -0.4 is 5.32 Å². The molecule has 29 heavy (non-hydrogen) atoms. The molecule has 3 rings (SSSR count). The average Bonchev–Trinajstić information content (AvgIpc) is 3.11. The number of carbonyl (C=O) groups excluding carboxylic acids is 1. The number of carbonyl (C=O) groups is 1. The lowest BCUT2D eigenvalue weighted by Crippen LogP contribution is -2.27. The van der Waals surface area contributed by atoms with Gasteiger partial charge >= 0.3 is 0 Å². The number of unbranched alkanes of at least 4 members (excludes halogenated alkanes) is 1. The van der Waals surface area contributed by atoms with E-state index in [4.69, 9.17) is 0 Å². The number of amides is 1. The molecule has 0 aliphatic heterocycles. The fourth-order valence-corrected chi connectivity index (χ4v) is 4.79. The Morgan fingerprint density at radius 2 is 1.72 bits per heavy atom. The third-order valence-electron chi connectivity index (χ3n) is 5.49. The fraction of sp³-hybridized carbons (Fsp3) is 0.400. The predicted octanol–water partition coefficient (Wildman–Crippen LogP) is 5.65. The number of hydrogen-bond donors (Lipinski definition) is 1. The average molecular weight is 409 g/mol. The van der Waals surface area contributed by atoms with Gasteiger partial charge in [-0.1, -0.05) is 61.9 Å². The zero-order valence-electron chi connectivity index (χ0n) is 17.8. The molecule has 1 N–H and O–H groups in total. The van der Waals surface area contributed by atoms with Crippen LogP contribution >= 0.6 is 11.3 Å². The Bertz CT molecular complexity index is 926. The summed E-state index contributed by atoms with van der Waals surface area (Å²) in [4.78, 5) is 16.3. The van der Waals surface area contributed by atoms with Gasteiger partial charge in [-0.15, -0.1) is 11.3 Å². The number of nitrogens with zero attached hydrogens (tertiary/aromatic N) is 1. The summed E-state index contributed by atoms with van der Waals surface area (Å²) in [6.07, 6.45) is 2.92. The Hall–Kier alpha value is -2.17. The monoisotopic (exact) mass is 408 g/mol. The van der Waals surface area contributed by atoms with Gasteiger partial charge in [0.1, 0.15) is 0 Å². The van der Waals surface area contributed by atoms with E-state index in [2.05, 4.69) is 73.5 Å². The van der Waals surface area contributed by atoms with E-state index in [-0.39, 0.29) is 5.91 Å². The molecule has 0 aliphatic carbocycles. The summed E-state index contributed by atoms with van der Waals surface area (Å²) in [6.45, 7) is 10.5. The molecule has 0 fully saturated rings. The minimum atomic E-state index is 0.0659. The van der Waals surface area contributed by atoms with Crippen molar-refractivity contribution < 1.29 is 4.79 Å². The van der Waals surface area contributed by atoms with Crippen molar-refractivity contribution >= 4 is 27.3 Å². The van der Waals surface area contributed by atoms with Crippen molar-refractivity contribution in [2.75, 3.05) is 26.2 Å². The van der Waals surface area contributed by atoms with Crippen LogP contribution in [-0.4, -0.2) is 37.0 Å². The van der Waals surface area contributed by atoms with Crippen molar-refractivity contribution in [3.8, 4) is 0 Å². The first-order chi connectivity index (χ1) is 14.1. The zero-order chi connectivity index (χ0) is 20.6. The highest BCUT2D eigenvalue weighted by Gasteiger charge is 2.18. The van der Waals surface area contributed by atoms with Crippen LogP contribution in [-0.2, 0) is 6.42 Å².